The first kappa shape index (κ1) is 16.4. The third-order valence-electron chi connectivity index (χ3n) is 4.25. The summed E-state index contributed by atoms with van der Waals surface area (Å²) in [5.41, 5.74) is 7.87. The summed E-state index contributed by atoms with van der Waals surface area (Å²) in [6.07, 6.45) is 0. The molecule has 0 spiro atoms. The van der Waals surface area contributed by atoms with E-state index >= 15 is 0 Å². The van der Waals surface area contributed by atoms with E-state index in [1.807, 2.05) is 31.2 Å². The smallest absolute Gasteiger partial charge is 0.182 e. The lowest BCUT2D eigenvalue weighted by Gasteiger charge is -2.05. The third kappa shape index (κ3) is 3.01. The van der Waals surface area contributed by atoms with Crippen LogP contribution in [0.3, 0.4) is 0 Å². The Labute approximate surface area is 146 Å². The first-order valence-corrected chi connectivity index (χ1v) is 9.51. The van der Waals surface area contributed by atoms with Crippen molar-refractivity contribution in [3.63, 3.8) is 0 Å². The fourth-order valence-electron chi connectivity index (χ4n) is 2.98. The highest BCUT2D eigenvalue weighted by Gasteiger charge is 2.60. The zero-order chi connectivity index (χ0) is 16.8. The van der Waals surface area contributed by atoms with Gasteiger partial charge in [-0.05, 0) is 36.8 Å². The van der Waals surface area contributed by atoms with E-state index in [1.165, 1.54) is 12.1 Å². The van der Waals surface area contributed by atoms with Gasteiger partial charge in [-0.2, -0.15) is 0 Å². The van der Waals surface area contributed by atoms with Crippen molar-refractivity contribution in [3.05, 3.63) is 64.7 Å². The highest BCUT2D eigenvalue weighted by molar-refractivity contribution is 7.92. The molecule has 2 aromatic carbocycles. The normalized spacial score (nSPS) is 23.5. The quantitative estimate of drug-likeness (QED) is 0.842. The zero-order valence-corrected chi connectivity index (χ0v) is 14.8. The van der Waals surface area contributed by atoms with Gasteiger partial charge in [0.1, 0.15) is 0 Å². The Hall–Kier alpha value is -1.43. The molecule has 0 heterocycles. The minimum atomic E-state index is -3.51. The van der Waals surface area contributed by atoms with Crippen molar-refractivity contribution in [1.29, 1.82) is 0 Å². The second-order valence-corrected chi connectivity index (χ2v) is 8.84. The number of thiocarbonyl (C=S) groups is 1. The number of benzene rings is 2. The van der Waals surface area contributed by atoms with Crippen molar-refractivity contribution >= 4 is 38.6 Å². The second kappa shape index (κ2) is 5.89. The molecule has 2 aromatic rings. The van der Waals surface area contributed by atoms with E-state index in [2.05, 4.69) is 0 Å². The molecule has 0 unspecified atom stereocenters. The minimum absolute atomic E-state index is 0.186. The molecule has 23 heavy (non-hydrogen) atoms. The van der Waals surface area contributed by atoms with Crippen molar-refractivity contribution in [3.8, 4) is 0 Å². The maximum absolute atomic E-state index is 12.9. The van der Waals surface area contributed by atoms with Gasteiger partial charge in [-0.15, -0.1) is 0 Å². The van der Waals surface area contributed by atoms with Gasteiger partial charge in [0.15, 0.2) is 9.84 Å². The van der Waals surface area contributed by atoms with E-state index in [1.54, 1.807) is 12.1 Å². The third-order valence-corrected chi connectivity index (χ3v) is 7.00. The average molecular weight is 366 g/mol. The number of hydrogen-bond donors (Lipinski definition) is 1. The summed E-state index contributed by atoms with van der Waals surface area (Å²) in [7, 11) is -3.51. The Morgan fingerprint density at radius 1 is 1.09 bits per heavy atom. The molecule has 1 aliphatic carbocycles. The Balaban J connectivity index is 1.98. The van der Waals surface area contributed by atoms with E-state index in [0.717, 1.165) is 11.1 Å². The van der Waals surface area contributed by atoms with Crippen molar-refractivity contribution in [2.24, 2.45) is 11.7 Å². The van der Waals surface area contributed by atoms with E-state index < -0.39 is 15.1 Å². The summed E-state index contributed by atoms with van der Waals surface area (Å²) in [6, 6.07) is 14.0. The van der Waals surface area contributed by atoms with Crippen LogP contribution in [0.5, 0.6) is 0 Å². The van der Waals surface area contributed by atoms with Crippen LogP contribution in [-0.2, 0) is 9.84 Å². The van der Waals surface area contributed by atoms with Crippen LogP contribution in [0.25, 0.3) is 0 Å². The van der Waals surface area contributed by atoms with Gasteiger partial charge in [-0.1, -0.05) is 53.6 Å². The van der Waals surface area contributed by atoms with Crippen molar-refractivity contribution in [1.82, 2.24) is 0 Å². The van der Waals surface area contributed by atoms with E-state index in [4.69, 9.17) is 29.6 Å². The molecule has 1 saturated carbocycles. The van der Waals surface area contributed by atoms with Crippen molar-refractivity contribution in [2.45, 2.75) is 23.0 Å². The molecule has 0 aromatic heterocycles. The summed E-state index contributed by atoms with van der Waals surface area (Å²) < 4.78 is 25.8. The van der Waals surface area contributed by atoms with Gasteiger partial charge in [0.05, 0.1) is 15.1 Å². The lowest BCUT2D eigenvalue weighted by molar-refractivity contribution is 0.593. The molecule has 1 aliphatic rings. The lowest BCUT2D eigenvalue weighted by Crippen LogP contribution is -2.17. The van der Waals surface area contributed by atoms with Gasteiger partial charge in [-0.25, -0.2) is 8.42 Å². The maximum Gasteiger partial charge on any atom is 0.182 e. The molecule has 6 heteroatoms. The van der Waals surface area contributed by atoms with Gasteiger partial charge in [-0.3, -0.25) is 0 Å². The highest BCUT2D eigenvalue weighted by Crippen LogP contribution is 2.54. The molecule has 120 valence electrons. The molecule has 2 N–H and O–H groups in total. The number of nitrogens with two attached hydrogens (primary N) is 1. The van der Waals surface area contributed by atoms with Gasteiger partial charge < -0.3 is 5.73 Å². The van der Waals surface area contributed by atoms with Gasteiger partial charge in [0, 0.05) is 16.9 Å². The van der Waals surface area contributed by atoms with Crippen LogP contribution in [0.2, 0.25) is 5.02 Å². The molecule has 3 atom stereocenters. The maximum atomic E-state index is 12.9. The van der Waals surface area contributed by atoms with Crippen LogP contribution >= 0.6 is 23.8 Å². The summed E-state index contributed by atoms with van der Waals surface area (Å²) in [5, 5.41) is -0.107. The Bertz CT molecular complexity index is 845. The number of aryl methyl sites for hydroxylation is 1. The molecular weight excluding hydrogens is 350 g/mol. The molecule has 1 fully saturated rings. The predicted octanol–water partition coefficient (Wildman–Crippen LogP) is 3.49. The summed E-state index contributed by atoms with van der Waals surface area (Å²) in [5.74, 6) is -0.512. The SMILES string of the molecule is Cc1ccc([C@@H]2[C@H](C(N)=S)[C@@H]2S(=O)(=O)c2ccc(Cl)cc2)cc1. The number of rotatable bonds is 4. The van der Waals surface area contributed by atoms with Crippen LogP contribution in [0, 0.1) is 12.8 Å². The summed E-state index contributed by atoms with van der Waals surface area (Å²) in [4.78, 5) is 0.501. The van der Waals surface area contributed by atoms with Gasteiger partial charge >= 0.3 is 0 Å². The second-order valence-electron chi connectivity index (χ2n) is 5.83. The van der Waals surface area contributed by atoms with Crippen molar-refractivity contribution in [2.75, 3.05) is 0 Å². The minimum Gasteiger partial charge on any atom is -0.393 e. The van der Waals surface area contributed by atoms with Crippen LogP contribution in [0.1, 0.15) is 17.0 Å². The molecule has 3 rings (SSSR count). The number of halogens is 1. The molecule has 0 bridgehead atoms. The Morgan fingerprint density at radius 3 is 2.17 bits per heavy atom. The fraction of sp³-hybridized carbons (Fsp3) is 0.235. The lowest BCUT2D eigenvalue weighted by atomic mass is 10.1. The van der Waals surface area contributed by atoms with Gasteiger partial charge in [0.25, 0.3) is 0 Å². The van der Waals surface area contributed by atoms with Crippen molar-refractivity contribution < 1.29 is 8.42 Å². The van der Waals surface area contributed by atoms with Crippen LogP contribution < -0.4 is 5.73 Å². The molecule has 0 aliphatic heterocycles. The molecule has 0 amide bonds. The summed E-state index contributed by atoms with van der Waals surface area (Å²) >= 11 is 10.9. The number of sulfone groups is 1. The Morgan fingerprint density at radius 2 is 1.65 bits per heavy atom. The van der Waals surface area contributed by atoms with Crippen LogP contribution in [0.15, 0.2) is 53.4 Å². The fourth-order valence-corrected chi connectivity index (χ4v) is 5.63. The predicted molar refractivity (Wildman–Crippen MR) is 96.6 cm³/mol. The average Bonchev–Trinajstić information content (AvgIpc) is 3.25. The first-order chi connectivity index (χ1) is 10.8. The Kier molecular flexibility index (Phi) is 4.21. The van der Waals surface area contributed by atoms with E-state index in [9.17, 15) is 8.42 Å². The van der Waals surface area contributed by atoms with Gasteiger partial charge in [0.2, 0.25) is 0 Å². The topological polar surface area (TPSA) is 60.2 Å². The van der Waals surface area contributed by atoms with E-state index in [0.29, 0.717) is 5.02 Å². The molecular formula is C17H16ClNO2S2. The molecule has 3 nitrogen and oxygen atoms in total. The first-order valence-electron chi connectivity index (χ1n) is 7.18. The summed E-state index contributed by atoms with van der Waals surface area (Å²) in [6.45, 7) is 1.99. The zero-order valence-electron chi connectivity index (χ0n) is 12.4. The highest BCUT2D eigenvalue weighted by atomic mass is 35.5. The van der Waals surface area contributed by atoms with Crippen LogP contribution in [-0.4, -0.2) is 18.7 Å². The molecule has 0 radical (unpaired) electrons. The standard InChI is InChI=1S/C17H16ClNO2S2/c1-10-2-4-11(5-3-10)14-15(17(19)22)16(14)23(20,21)13-8-6-12(18)7-9-13/h2-9,14-16H,1H3,(H2,19,22)/t14-,15+,16-/m1/s1. The van der Waals surface area contributed by atoms with E-state index in [-0.39, 0.29) is 21.7 Å². The molecule has 0 saturated heterocycles. The largest absolute Gasteiger partial charge is 0.393 e. The monoisotopic (exact) mass is 365 g/mol. The van der Waals surface area contributed by atoms with Crippen LogP contribution in [0.4, 0.5) is 0 Å². The number of hydrogen-bond acceptors (Lipinski definition) is 3.